The van der Waals surface area contributed by atoms with E-state index in [0.29, 0.717) is 39.0 Å². The fourth-order valence-electron chi connectivity index (χ4n) is 2.53. The van der Waals surface area contributed by atoms with Crippen molar-refractivity contribution in [3.05, 3.63) is 56.7 Å². The van der Waals surface area contributed by atoms with Crippen LogP contribution in [0, 0.1) is 0 Å². The van der Waals surface area contributed by atoms with Crippen molar-refractivity contribution in [1.29, 1.82) is 0 Å². The molecule has 0 radical (unpaired) electrons. The number of nitrogens with zero attached hydrogens (tertiary/aromatic N) is 2. The summed E-state index contributed by atoms with van der Waals surface area (Å²) in [7, 11) is 0. The zero-order valence-corrected chi connectivity index (χ0v) is 13.5. The molecule has 5 nitrogen and oxygen atoms in total. The predicted octanol–water partition coefficient (Wildman–Crippen LogP) is 3.79. The van der Waals surface area contributed by atoms with Crippen molar-refractivity contribution in [3.63, 3.8) is 0 Å². The van der Waals surface area contributed by atoms with E-state index in [4.69, 9.17) is 16.1 Å². The van der Waals surface area contributed by atoms with E-state index < -0.39 is 0 Å². The first kappa shape index (κ1) is 14.3. The lowest BCUT2D eigenvalue weighted by molar-refractivity contribution is 0.0982. The van der Waals surface area contributed by atoms with E-state index in [9.17, 15) is 9.59 Å². The molecule has 2 aromatic heterocycles. The van der Waals surface area contributed by atoms with Gasteiger partial charge in [-0.25, -0.2) is 0 Å². The minimum Gasteiger partial charge on any atom is -0.333 e. The number of carbonyl (C=O) groups excluding carboxylic acids is 2. The first-order valence-corrected chi connectivity index (χ1v) is 8.14. The maximum atomic E-state index is 12.7. The fraction of sp³-hybridized carbons (Fsp3) is 0.125. The van der Waals surface area contributed by atoms with Crippen molar-refractivity contribution < 1.29 is 14.1 Å². The fourth-order valence-corrected chi connectivity index (χ4v) is 3.82. The van der Waals surface area contributed by atoms with Crippen LogP contribution < -0.4 is 0 Å². The van der Waals surface area contributed by atoms with Gasteiger partial charge in [0.1, 0.15) is 0 Å². The van der Waals surface area contributed by atoms with Gasteiger partial charge in [0.2, 0.25) is 5.78 Å². The maximum Gasteiger partial charge on any atom is 0.268 e. The van der Waals surface area contributed by atoms with Crippen molar-refractivity contribution in [3.8, 4) is 10.8 Å². The number of halogens is 1. The largest absolute Gasteiger partial charge is 0.333 e. The predicted molar refractivity (Wildman–Crippen MR) is 85.3 cm³/mol. The zero-order valence-electron chi connectivity index (χ0n) is 11.9. The molecule has 2 heterocycles. The van der Waals surface area contributed by atoms with Gasteiger partial charge in [0, 0.05) is 17.5 Å². The molecule has 0 saturated heterocycles. The number of hydrogen-bond acceptors (Lipinski definition) is 6. The molecule has 0 atom stereocenters. The molecule has 0 saturated carbocycles. The average Bonchev–Trinajstić information content (AvgIpc) is 3.19. The Kier molecular flexibility index (Phi) is 3.18. The van der Waals surface area contributed by atoms with Crippen molar-refractivity contribution >= 4 is 34.5 Å². The Morgan fingerprint density at radius 1 is 1.22 bits per heavy atom. The van der Waals surface area contributed by atoms with Crippen LogP contribution in [0.5, 0.6) is 0 Å². The number of benzene rings is 1. The van der Waals surface area contributed by atoms with Gasteiger partial charge in [0.25, 0.3) is 5.89 Å². The van der Waals surface area contributed by atoms with Crippen LogP contribution in [0.4, 0.5) is 0 Å². The quantitative estimate of drug-likeness (QED) is 0.553. The molecule has 0 unspecified atom stereocenters. The van der Waals surface area contributed by atoms with Crippen molar-refractivity contribution in [2.24, 2.45) is 0 Å². The van der Waals surface area contributed by atoms with Gasteiger partial charge in [-0.05, 0) is 12.1 Å². The highest BCUT2D eigenvalue weighted by Crippen LogP contribution is 2.39. The van der Waals surface area contributed by atoms with Crippen LogP contribution in [0.3, 0.4) is 0 Å². The third kappa shape index (κ3) is 2.06. The highest BCUT2D eigenvalue weighted by atomic mass is 35.5. The molecule has 7 heteroatoms. The molecule has 0 bridgehead atoms. The van der Waals surface area contributed by atoms with E-state index in [1.807, 2.05) is 6.92 Å². The second-order valence-electron chi connectivity index (χ2n) is 5.04. The topological polar surface area (TPSA) is 73.1 Å². The summed E-state index contributed by atoms with van der Waals surface area (Å²) < 4.78 is 5.19. The summed E-state index contributed by atoms with van der Waals surface area (Å²) >= 11 is 7.28. The molecule has 4 rings (SSSR count). The van der Waals surface area contributed by atoms with Crippen LogP contribution >= 0.6 is 22.9 Å². The summed E-state index contributed by atoms with van der Waals surface area (Å²) in [5.74, 6) is 0.439. The zero-order chi connectivity index (χ0) is 16.1. The number of aryl methyl sites for hydroxylation is 1. The maximum absolute atomic E-state index is 12.7. The molecule has 3 aromatic rings. The van der Waals surface area contributed by atoms with Crippen LogP contribution in [0.15, 0.2) is 28.8 Å². The molecule has 0 amide bonds. The Morgan fingerprint density at radius 2 is 2.04 bits per heavy atom. The average molecular weight is 345 g/mol. The van der Waals surface area contributed by atoms with Crippen molar-refractivity contribution in [2.45, 2.75) is 13.3 Å². The molecule has 114 valence electrons. The molecule has 0 fully saturated rings. The first-order chi connectivity index (χ1) is 11.1. The summed E-state index contributed by atoms with van der Waals surface area (Å²) in [5, 5.41) is 4.12. The number of fused-ring (bicyclic) bond motifs is 2. The van der Waals surface area contributed by atoms with Crippen LogP contribution in [0.25, 0.3) is 10.8 Å². The summed E-state index contributed by atoms with van der Waals surface area (Å²) in [6.07, 6.45) is 0.646. The summed E-state index contributed by atoms with van der Waals surface area (Å²) in [4.78, 5) is 30.5. The number of hydrogen-bond donors (Lipinski definition) is 0. The monoisotopic (exact) mass is 344 g/mol. The lowest BCUT2D eigenvalue weighted by atomic mass is 9.89. The van der Waals surface area contributed by atoms with E-state index in [2.05, 4.69) is 10.1 Å². The lowest BCUT2D eigenvalue weighted by Gasteiger charge is -2.14. The van der Waals surface area contributed by atoms with E-state index in [0.717, 1.165) is 0 Å². The molecule has 1 aliphatic carbocycles. The van der Waals surface area contributed by atoms with Gasteiger partial charge in [0.15, 0.2) is 11.6 Å². The van der Waals surface area contributed by atoms with Crippen LogP contribution in [-0.4, -0.2) is 21.7 Å². The highest BCUT2D eigenvalue weighted by Gasteiger charge is 2.34. The highest BCUT2D eigenvalue weighted by molar-refractivity contribution is 7.18. The van der Waals surface area contributed by atoms with Crippen molar-refractivity contribution in [2.75, 3.05) is 0 Å². The third-order valence-electron chi connectivity index (χ3n) is 3.66. The SMILES string of the molecule is CCc1noc(-c2cc3c(s2)C(=O)c2c(Cl)cccc2C3=O)n1. The second-order valence-corrected chi connectivity index (χ2v) is 6.50. The molecular formula is C16H9ClN2O3S. The Morgan fingerprint density at radius 3 is 2.78 bits per heavy atom. The second kappa shape index (κ2) is 5.11. The number of ketones is 2. The molecule has 0 N–H and O–H groups in total. The van der Waals surface area contributed by atoms with Gasteiger partial charge in [-0.2, -0.15) is 4.98 Å². The minimum absolute atomic E-state index is 0.213. The van der Waals surface area contributed by atoms with E-state index >= 15 is 0 Å². The number of rotatable bonds is 2. The van der Waals surface area contributed by atoms with E-state index in [1.165, 1.54) is 11.3 Å². The van der Waals surface area contributed by atoms with Gasteiger partial charge in [-0.15, -0.1) is 11.3 Å². The van der Waals surface area contributed by atoms with Crippen LogP contribution in [0.1, 0.15) is 43.9 Å². The molecule has 1 aromatic carbocycles. The van der Waals surface area contributed by atoms with Gasteiger partial charge in [0.05, 0.1) is 20.3 Å². The number of thiophene rings is 1. The first-order valence-electron chi connectivity index (χ1n) is 6.95. The van der Waals surface area contributed by atoms with Crippen LogP contribution in [-0.2, 0) is 6.42 Å². The van der Waals surface area contributed by atoms with E-state index in [-0.39, 0.29) is 22.2 Å². The van der Waals surface area contributed by atoms with Crippen molar-refractivity contribution in [1.82, 2.24) is 10.1 Å². The normalized spacial score (nSPS) is 13.1. The lowest BCUT2D eigenvalue weighted by Crippen LogP contribution is -2.18. The Labute approximate surface area is 139 Å². The van der Waals surface area contributed by atoms with Gasteiger partial charge in [-0.1, -0.05) is 35.8 Å². The molecule has 1 aliphatic rings. The number of carbonyl (C=O) groups is 2. The summed E-state index contributed by atoms with van der Waals surface area (Å²) in [5.41, 5.74) is 0.958. The third-order valence-corrected chi connectivity index (χ3v) is 5.10. The Hall–Kier alpha value is -2.31. The molecule has 23 heavy (non-hydrogen) atoms. The van der Waals surface area contributed by atoms with E-state index in [1.54, 1.807) is 24.3 Å². The summed E-state index contributed by atoms with van der Waals surface area (Å²) in [6.45, 7) is 1.92. The molecular weight excluding hydrogens is 336 g/mol. The Balaban J connectivity index is 1.88. The van der Waals surface area contributed by atoms with Crippen LogP contribution in [0.2, 0.25) is 5.02 Å². The number of aromatic nitrogens is 2. The standard InChI is InChI=1S/C16H9ClN2O3S/c1-2-11-18-16(22-19-11)10-6-8-13(20)7-4-3-5-9(17)12(7)14(21)15(8)23-10/h3-6H,2H2,1H3. The summed E-state index contributed by atoms with van der Waals surface area (Å²) in [6, 6.07) is 6.52. The molecule has 0 spiro atoms. The Bertz CT molecular complexity index is 974. The minimum atomic E-state index is -0.244. The van der Waals surface area contributed by atoms with Gasteiger partial charge in [-0.3, -0.25) is 9.59 Å². The molecule has 0 aliphatic heterocycles. The van der Waals surface area contributed by atoms with Gasteiger partial charge < -0.3 is 4.52 Å². The van der Waals surface area contributed by atoms with Gasteiger partial charge >= 0.3 is 0 Å². The smallest absolute Gasteiger partial charge is 0.268 e.